The van der Waals surface area contributed by atoms with E-state index in [0.29, 0.717) is 13.2 Å². The van der Waals surface area contributed by atoms with Gasteiger partial charge in [-0.1, -0.05) is 12.2 Å². The lowest BCUT2D eigenvalue weighted by Crippen LogP contribution is -1.87. The highest BCUT2D eigenvalue weighted by Crippen LogP contribution is 1.72. The SMILES string of the molecule is B.C=CCOCC=C.F.F.F. The zero-order valence-electron chi connectivity index (χ0n) is 5.62. The van der Waals surface area contributed by atoms with Crippen molar-refractivity contribution in [3.8, 4) is 0 Å². The van der Waals surface area contributed by atoms with Crippen LogP contribution in [-0.2, 0) is 4.74 Å². The van der Waals surface area contributed by atoms with Gasteiger partial charge in [0.05, 0.1) is 21.6 Å². The lowest BCUT2D eigenvalue weighted by molar-refractivity contribution is 0.194. The Bertz CT molecular complexity index is 62.8. The summed E-state index contributed by atoms with van der Waals surface area (Å²) in [6, 6.07) is 0. The lowest BCUT2D eigenvalue weighted by atomic mass is 10.6. The second-order valence-corrected chi connectivity index (χ2v) is 1.11. The van der Waals surface area contributed by atoms with Crippen molar-refractivity contribution < 1.29 is 18.9 Å². The normalized spacial score (nSPS) is 5.09. The van der Waals surface area contributed by atoms with Crippen molar-refractivity contribution in [2.45, 2.75) is 0 Å². The maximum absolute atomic E-state index is 4.90. The predicted molar refractivity (Wildman–Crippen MR) is 48.7 cm³/mol. The van der Waals surface area contributed by atoms with E-state index >= 15 is 0 Å². The van der Waals surface area contributed by atoms with E-state index in [4.69, 9.17) is 4.74 Å². The molecule has 0 rings (SSSR count). The lowest BCUT2D eigenvalue weighted by Gasteiger charge is -1.89. The maximum Gasteiger partial charge on any atom is 0.0814 e. The Balaban J connectivity index is -0.0000000300. The van der Waals surface area contributed by atoms with Gasteiger partial charge in [0.15, 0.2) is 0 Å². The van der Waals surface area contributed by atoms with Crippen molar-refractivity contribution in [3.63, 3.8) is 0 Å². The minimum Gasteiger partial charge on any atom is -0.373 e. The van der Waals surface area contributed by atoms with E-state index in [0.717, 1.165) is 0 Å². The van der Waals surface area contributed by atoms with Gasteiger partial charge in [-0.2, -0.15) is 0 Å². The van der Waals surface area contributed by atoms with Crippen LogP contribution in [0, 0.1) is 0 Å². The monoisotopic (exact) mass is 172 g/mol. The van der Waals surface area contributed by atoms with Crippen molar-refractivity contribution in [1.82, 2.24) is 0 Å². The summed E-state index contributed by atoms with van der Waals surface area (Å²) in [6.45, 7) is 8.18. The first kappa shape index (κ1) is 31.7. The standard InChI is InChI=1S/C6H10O.BH3.3FH/c1-3-5-7-6-4-2;;;;/h3-4H,1-2,5-6H2;1H3;3*1H. The Kier molecular flexibility index (Phi) is 100.0. The summed E-state index contributed by atoms with van der Waals surface area (Å²) in [5.74, 6) is 0. The van der Waals surface area contributed by atoms with Gasteiger partial charge in [-0.25, -0.2) is 0 Å². The topological polar surface area (TPSA) is 9.23 Å². The van der Waals surface area contributed by atoms with Crippen LogP contribution in [0.1, 0.15) is 0 Å². The third kappa shape index (κ3) is 45.6. The molecule has 0 aliphatic carbocycles. The number of ether oxygens (including phenoxy) is 1. The molecule has 1 nitrogen and oxygen atoms in total. The third-order valence-corrected chi connectivity index (χ3v) is 0.471. The van der Waals surface area contributed by atoms with E-state index in [1.807, 2.05) is 0 Å². The molecule has 0 heterocycles. The molecule has 0 atom stereocenters. The molecule has 0 radical (unpaired) electrons. The summed E-state index contributed by atoms with van der Waals surface area (Å²) in [6.07, 6.45) is 3.42. The van der Waals surface area contributed by atoms with Gasteiger partial charge >= 0.3 is 0 Å². The predicted octanol–water partition coefficient (Wildman–Crippen LogP) is 0.649. The van der Waals surface area contributed by atoms with Gasteiger partial charge in [-0.15, -0.1) is 13.2 Å². The van der Waals surface area contributed by atoms with E-state index in [1.165, 1.54) is 0 Å². The van der Waals surface area contributed by atoms with Gasteiger partial charge in [0.1, 0.15) is 0 Å². The molecule has 0 fully saturated rings. The number of hydrogen-bond acceptors (Lipinski definition) is 1. The fourth-order valence-corrected chi connectivity index (χ4v) is 0.235. The highest BCUT2D eigenvalue weighted by Gasteiger charge is 1.70. The molecule has 0 saturated heterocycles. The molecule has 0 spiro atoms. The van der Waals surface area contributed by atoms with E-state index in [-0.39, 0.29) is 22.5 Å². The van der Waals surface area contributed by atoms with E-state index in [2.05, 4.69) is 13.2 Å². The fraction of sp³-hybridized carbons (Fsp3) is 0.333. The first-order valence-corrected chi connectivity index (χ1v) is 2.21. The molecule has 0 bridgehead atoms. The summed E-state index contributed by atoms with van der Waals surface area (Å²) in [5, 5.41) is 0. The maximum atomic E-state index is 4.90. The van der Waals surface area contributed by atoms with Crippen LogP contribution in [0.4, 0.5) is 14.1 Å². The molecular weight excluding hydrogens is 156 g/mol. The summed E-state index contributed by atoms with van der Waals surface area (Å²) in [5.41, 5.74) is 0. The molecule has 0 unspecified atom stereocenters. The highest BCUT2D eigenvalue weighted by molar-refractivity contribution is 5.75. The van der Waals surface area contributed by atoms with Crippen molar-refractivity contribution in [2.24, 2.45) is 0 Å². The minimum absolute atomic E-state index is 0. The van der Waals surface area contributed by atoms with Gasteiger partial charge in [-0.05, 0) is 0 Å². The molecule has 11 heavy (non-hydrogen) atoms. The van der Waals surface area contributed by atoms with Gasteiger partial charge in [-0.3, -0.25) is 14.1 Å². The molecular formula is C6H16BF3O. The van der Waals surface area contributed by atoms with Crippen molar-refractivity contribution in [1.29, 1.82) is 0 Å². The molecule has 0 aromatic carbocycles. The van der Waals surface area contributed by atoms with Crippen LogP contribution in [0.25, 0.3) is 0 Å². The second kappa shape index (κ2) is 34.7. The molecule has 0 aliphatic heterocycles. The van der Waals surface area contributed by atoms with Crippen LogP contribution >= 0.6 is 0 Å². The highest BCUT2D eigenvalue weighted by atomic mass is 19.0. The number of hydrogen-bond donors (Lipinski definition) is 0. The van der Waals surface area contributed by atoms with Gasteiger partial charge in [0.25, 0.3) is 0 Å². The summed E-state index contributed by atoms with van der Waals surface area (Å²) < 4.78 is 4.90. The molecule has 0 aromatic rings. The van der Waals surface area contributed by atoms with Gasteiger partial charge < -0.3 is 4.74 Å². The quantitative estimate of drug-likeness (QED) is 0.343. The Hall–Kier alpha value is -0.705. The minimum atomic E-state index is 0. The second-order valence-electron chi connectivity index (χ2n) is 1.11. The first-order chi connectivity index (χ1) is 3.41. The van der Waals surface area contributed by atoms with E-state index < -0.39 is 0 Å². The Morgan fingerprint density at radius 1 is 0.909 bits per heavy atom. The molecule has 0 amide bonds. The van der Waals surface area contributed by atoms with Crippen LogP contribution in [0.15, 0.2) is 25.3 Å². The van der Waals surface area contributed by atoms with Crippen LogP contribution in [0.3, 0.4) is 0 Å². The molecule has 0 saturated carbocycles. The van der Waals surface area contributed by atoms with Crippen LogP contribution < -0.4 is 0 Å². The molecule has 0 N–H and O–H groups in total. The Labute approximate surface area is 66.8 Å². The largest absolute Gasteiger partial charge is 0.373 e. The summed E-state index contributed by atoms with van der Waals surface area (Å²) >= 11 is 0. The number of rotatable bonds is 4. The summed E-state index contributed by atoms with van der Waals surface area (Å²) in [4.78, 5) is 0. The van der Waals surface area contributed by atoms with E-state index in [1.54, 1.807) is 12.2 Å². The average Bonchev–Trinajstić information content (AvgIpc) is 1.69. The van der Waals surface area contributed by atoms with Gasteiger partial charge in [0.2, 0.25) is 0 Å². The smallest absolute Gasteiger partial charge is 0.0814 e. The number of halogens is 3. The molecule has 70 valence electrons. The molecule has 5 heteroatoms. The van der Waals surface area contributed by atoms with Crippen molar-refractivity contribution >= 4 is 8.41 Å². The van der Waals surface area contributed by atoms with Gasteiger partial charge in [0, 0.05) is 0 Å². The third-order valence-electron chi connectivity index (χ3n) is 0.471. The first-order valence-electron chi connectivity index (χ1n) is 2.21. The Morgan fingerprint density at radius 2 is 1.18 bits per heavy atom. The van der Waals surface area contributed by atoms with Crippen LogP contribution in [0.2, 0.25) is 0 Å². The van der Waals surface area contributed by atoms with Crippen LogP contribution in [-0.4, -0.2) is 21.6 Å². The Morgan fingerprint density at radius 3 is 1.36 bits per heavy atom. The van der Waals surface area contributed by atoms with Crippen molar-refractivity contribution in [3.05, 3.63) is 25.3 Å². The van der Waals surface area contributed by atoms with Crippen LogP contribution in [0.5, 0.6) is 0 Å². The van der Waals surface area contributed by atoms with Crippen molar-refractivity contribution in [2.75, 3.05) is 13.2 Å². The van der Waals surface area contributed by atoms with E-state index in [9.17, 15) is 0 Å². The summed E-state index contributed by atoms with van der Waals surface area (Å²) in [7, 11) is 0. The zero-order valence-corrected chi connectivity index (χ0v) is 5.62. The molecule has 0 aromatic heterocycles. The zero-order chi connectivity index (χ0) is 5.54. The molecule has 0 aliphatic rings. The fourth-order valence-electron chi connectivity index (χ4n) is 0.235. The average molecular weight is 172 g/mol.